The average Bonchev–Trinajstić information content (AvgIpc) is 3.14. The predicted molar refractivity (Wildman–Crippen MR) is 78.8 cm³/mol. The molecule has 0 aliphatic carbocycles. The van der Waals surface area contributed by atoms with Gasteiger partial charge in [0.2, 0.25) is 0 Å². The molecule has 3 rings (SSSR count). The number of hydrogen-bond acceptors (Lipinski definition) is 3. The number of nitrogens with zero attached hydrogens (tertiary/aromatic N) is 1. The highest BCUT2D eigenvalue weighted by molar-refractivity contribution is 5.40. The third kappa shape index (κ3) is 2.56. The molecule has 1 aliphatic rings. The monoisotopic (exact) mass is 271 g/mol. The molecular weight excluding hydrogens is 250 g/mol. The molecule has 2 unspecified atom stereocenters. The minimum Gasteiger partial charge on any atom is -0.493 e. The molecule has 0 amide bonds. The van der Waals surface area contributed by atoms with Crippen molar-refractivity contribution in [2.24, 2.45) is 0 Å². The van der Waals surface area contributed by atoms with Crippen molar-refractivity contribution in [3.8, 4) is 5.75 Å². The first-order chi connectivity index (χ1) is 9.78. The van der Waals surface area contributed by atoms with Crippen LogP contribution in [-0.4, -0.2) is 16.6 Å². The molecule has 2 aromatic rings. The Hall–Kier alpha value is -1.81. The van der Waals surface area contributed by atoms with Crippen LogP contribution in [-0.2, 0) is 6.42 Å². The van der Waals surface area contributed by atoms with Crippen LogP contribution in [0, 0.1) is 0 Å². The highest BCUT2D eigenvalue weighted by Crippen LogP contribution is 2.30. The highest BCUT2D eigenvalue weighted by atomic mass is 16.5. The minimum atomic E-state index is 0.208. The number of hydrogen-bond donors (Lipinski definition) is 2. The zero-order valence-electron chi connectivity index (χ0n) is 12.0. The Bertz CT molecular complexity index is 565. The third-order valence-corrected chi connectivity index (χ3v) is 3.90. The average molecular weight is 271 g/mol. The summed E-state index contributed by atoms with van der Waals surface area (Å²) in [6.45, 7) is 5.15. The van der Waals surface area contributed by atoms with E-state index in [1.54, 1.807) is 6.20 Å². The number of fused-ring (bicyclic) bond motifs is 1. The van der Waals surface area contributed by atoms with Gasteiger partial charge in [0.15, 0.2) is 0 Å². The second-order valence-corrected chi connectivity index (χ2v) is 5.29. The number of aromatic nitrogens is 2. The predicted octanol–water partition coefficient (Wildman–Crippen LogP) is 3.15. The molecule has 2 heterocycles. The summed E-state index contributed by atoms with van der Waals surface area (Å²) in [6, 6.07) is 7.08. The molecule has 2 atom stereocenters. The minimum absolute atomic E-state index is 0.208. The molecule has 0 bridgehead atoms. The van der Waals surface area contributed by atoms with Gasteiger partial charge in [-0.3, -0.25) is 0 Å². The molecule has 2 N–H and O–H groups in total. The van der Waals surface area contributed by atoms with Crippen molar-refractivity contribution >= 4 is 0 Å². The van der Waals surface area contributed by atoms with E-state index < -0.39 is 0 Å². The fourth-order valence-corrected chi connectivity index (χ4v) is 2.77. The van der Waals surface area contributed by atoms with E-state index in [0.717, 1.165) is 31.0 Å². The van der Waals surface area contributed by atoms with Gasteiger partial charge in [0.25, 0.3) is 0 Å². The van der Waals surface area contributed by atoms with Crippen LogP contribution >= 0.6 is 0 Å². The first-order valence-electron chi connectivity index (χ1n) is 7.29. The summed E-state index contributed by atoms with van der Waals surface area (Å²) in [5, 5.41) is 3.64. The Morgan fingerprint density at radius 3 is 3.10 bits per heavy atom. The maximum atomic E-state index is 5.57. The number of ether oxygens (including phenoxy) is 1. The second kappa shape index (κ2) is 5.67. The van der Waals surface area contributed by atoms with E-state index in [-0.39, 0.29) is 6.04 Å². The molecule has 1 aliphatic heterocycles. The summed E-state index contributed by atoms with van der Waals surface area (Å²) in [5.41, 5.74) is 2.66. The number of imidazole rings is 1. The SMILES string of the molecule is CCC(NC(C)c1ncc[nH]1)c1ccc2c(c1)CCO2. The lowest BCUT2D eigenvalue weighted by molar-refractivity contribution is 0.356. The van der Waals surface area contributed by atoms with Gasteiger partial charge in [-0.25, -0.2) is 4.98 Å². The quantitative estimate of drug-likeness (QED) is 0.878. The maximum Gasteiger partial charge on any atom is 0.122 e. The summed E-state index contributed by atoms with van der Waals surface area (Å²) in [5.74, 6) is 2.02. The second-order valence-electron chi connectivity index (χ2n) is 5.29. The molecule has 4 heteroatoms. The van der Waals surface area contributed by atoms with Crippen molar-refractivity contribution < 1.29 is 4.74 Å². The molecule has 0 saturated heterocycles. The lowest BCUT2D eigenvalue weighted by atomic mass is 10.00. The zero-order chi connectivity index (χ0) is 13.9. The Balaban J connectivity index is 1.76. The summed E-state index contributed by atoms with van der Waals surface area (Å²) < 4.78 is 5.57. The van der Waals surface area contributed by atoms with Gasteiger partial charge in [-0.2, -0.15) is 0 Å². The van der Waals surface area contributed by atoms with Crippen molar-refractivity contribution in [1.29, 1.82) is 0 Å². The third-order valence-electron chi connectivity index (χ3n) is 3.90. The van der Waals surface area contributed by atoms with Crippen LogP contribution < -0.4 is 10.1 Å². The molecule has 4 nitrogen and oxygen atoms in total. The van der Waals surface area contributed by atoms with Crippen molar-refractivity contribution in [3.05, 3.63) is 47.5 Å². The number of benzene rings is 1. The largest absolute Gasteiger partial charge is 0.493 e. The van der Waals surface area contributed by atoms with E-state index in [9.17, 15) is 0 Å². The van der Waals surface area contributed by atoms with E-state index in [1.807, 2.05) is 6.20 Å². The molecule has 0 radical (unpaired) electrons. The summed E-state index contributed by atoms with van der Waals surface area (Å²) >= 11 is 0. The molecule has 20 heavy (non-hydrogen) atoms. The van der Waals surface area contributed by atoms with Gasteiger partial charge >= 0.3 is 0 Å². The van der Waals surface area contributed by atoms with Crippen LogP contribution in [0.3, 0.4) is 0 Å². The van der Waals surface area contributed by atoms with E-state index in [1.165, 1.54) is 11.1 Å². The Morgan fingerprint density at radius 1 is 1.45 bits per heavy atom. The summed E-state index contributed by atoms with van der Waals surface area (Å²) in [6.07, 6.45) is 5.72. The number of nitrogens with one attached hydrogen (secondary N) is 2. The molecule has 0 spiro atoms. The van der Waals surface area contributed by atoms with Crippen molar-refractivity contribution in [1.82, 2.24) is 15.3 Å². The fourth-order valence-electron chi connectivity index (χ4n) is 2.77. The molecule has 1 aromatic carbocycles. The van der Waals surface area contributed by atoms with Crippen LogP contribution in [0.2, 0.25) is 0 Å². The van der Waals surface area contributed by atoms with E-state index in [0.29, 0.717) is 6.04 Å². The lowest BCUT2D eigenvalue weighted by Crippen LogP contribution is -2.25. The topological polar surface area (TPSA) is 49.9 Å². The van der Waals surface area contributed by atoms with Crippen LogP contribution in [0.1, 0.15) is 49.3 Å². The maximum absolute atomic E-state index is 5.57. The van der Waals surface area contributed by atoms with Crippen LogP contribution in [0.4, 0.5) is 0 Å². The normalized spacial score (nSPS) is 16.5. The Kier molecular flexibility index (Phi) is 3.74. The number of rotatable bonds is 5. The molecule has 0 fully saturated rings. The van der Waals surface area contributed by atoms with E-state index >= 15 is 0 Å². The van der Waals surface area contributed by atoms with E-state index in [2.05, 4.69) is 47.3 Å². The molecular formula is C16H21N3O. The van der Waals surface area contributed by atoms with Crippen LogP contribution in [0.25, 0.3) is 0 Å². The number of H-pyrrole nitrogens is 1. The van der Waals surface area contributed by atoms with Gasteiger partial charge in [0, 0.05) is 24.9 Å². The van der Waals surface area contributed by atoms with Gasteiger partial charge in [-0.1, -0.05) is 19.1 Å². The zero-order valence-corrected chi connectivity index (χ0v) is 12.0. The van der Waals surface area contributed by atoms with Crippen molar-refractivity contribution in [2.45, 2.75) is 38.8 Å². The van der Waals surface area contributed by atoms with E-state index in [4.69, 9.17) is 4.74 Å². The van der Waals surface area contributed by atoms with Crippen LogP contribution in [0.5, 0.6) is 5.75 Å². The Labute approximate surface area is 119 Å². The summed E-state index contributed by atoms with van der Waals surface area (Å²) in [4.78, 5) is 7.48. The van der Waals surface area contributed by atoms with Gasteiger partial charge in [-0.15, -0.1) is 0 Å². The van der Waals surface area contributed by atoms with Crippen molar-refractivity contribution in [2.75, 3.05) is 6.61 Å². The first-order valence-corrected chi connectivity index (χ1v) is 7.29. The van der Waals surface area contributed by atoms with Crippen LogP contribution in [0.15, 0.2) is 30.6 Å². The van der Waals surface area contributed by atoms with Gasteiger partial charge in [0.1, 0.15) is 11.6 Å². The highest BCUT2D eigenvalue weighted by Gasteiger charge is 2.18. The first kappa shape index (κ1) is 13.2. The lowest BCUT2D eigenvalue weighted by Gasteiger charge is -2.22. The van der Waals surface area contributed by atoms with Gasteiger partial charge in [0.05, 0.1) is 12.6 Å². The number of aromatic amines is 1. The molecule has 106 valence electrons. The van der Waals surface area contributed by atoms with Crippen molar-refractivity contribution in [3.63, 3.8) is 0 Å². The summed E-state index contributed by atoms with van der Waals surface area (Å²) in [7, 11) is 0. The standard InChI is InChI=1S/C16H21N3O/c1-3-14(19-11(2)16-17-7-8-18-16)12-4-5-15-13(10-12)6-9-20-15/h4-5,7-8,10-11,14,19H,3,6,9H2,1-2H3,(H,17,18). The van der Waals surface area contributed by atoms with Gasteiger partial charge < -0.3 is 15.0 Å². The Morgan fingerprint density at radius 2 is 2.35 bits per heavy atom. The molecule has 0 saturated carbocycles. The molecule has 1 aromatic heterocycles. The fraction of sp³-hybridized carbons (Fsp3) is 0.438. The van der Waals surface area contributed by atoms with Gasteiger partial charge in [-0.05, 0) is 30.5 Å². The smallest absolute Gasteiger partial charge is 0.122 e.